The Morgan fingerprint density at radius 2 is 2.20 bits per heavy atom. The third-order valence-electron chi connectivity index (χ3n) is 3.14. The first-order valence-electron chi connectivity index (χ1n) is 5.90. The fourth-order valence-corrected chi connectivity index (χ4v) is 1.97. The Bertz CT molecular complexity index is 220. The first-order chi connectivity index (χ1) is 6.92. The summed E-state index contributed by atoms with van der Waals surface area (Å²) in [5.74, 6) is 0.637. The molecule has 0 saturated carbocycles. The fraction of sp³-hybridized carbons (Fsp3) is 0.917. The second kappa shape index (κ2) is 5.08. The van der Waals surface area contributed by atoms with E-state index in [0.717, 1.165) is 32.5 Å². The molecule has 0 aromatic heterocycles. The zero-order chi connectivity index (χ0) is 11.5. The predicted molar refractivity (Wildman–Crippen MR) is 60.8 cm³/mol. The lowest BCUT2D eigenvalue weighted by Gasteiger charge is -2.32. The van der Waals surface area contributed by atoms with Gasteiger partial charge in [-0.05, 0) is 26.7 Å². The van der Waals surface area contributed by atoms with Crippen LogP contribution in [0.25, 0.3) is 0 Å². The Morgan fingerprint density at radius 3 is 2.73 bits per heavy atom. The maximum Gasteiger partial charge on any atom is 0.138 e. The van der Waals surface area contributed by atoms with Gasteiger partial charge < -0.3 is 10.0 Å². The van der Waals surface area contributed by atoms with Gasteiger partial charge >= 0.3 is 0 Å². The highest BCUT2D eigenvalue weighted by atomic mass is 16.3. The molecule has 0 aliphatic carbocycles. The van der Waals surface area contributed by atoms with E-state index in [1.54, 1.807) is 0 Å². The number of aliphatic hydroxyl groups is 1. The number of rotatable bonds is 4. The van der Waals surface area contributed by atoms with Crippen molar-refractivity contribution in [2.45, 2.75) is 45.6 Å². The van der Waals surface area contributed by atoms with Crippen LogP contribution in [0.5, 0.6) is 0 Å². The highest BCUT2D eigenvalue weighted by Crippen LogP contribution is 2.17. The summed E-state index contributed by atoms with van der Waals surface area (Å²) in [5, 5.41) is 9.63. The van der Waals surface area contributed by atoms with Gasteiger partial charge in [0.2, 0.25) is 0 Å². The molecule has 3 nitrogen and oxygen atoms in total. The summed E-state index contributed by atoms with van der Waals surface area (Å²) in [7, 11) is 0. The van der Waals surface area contributed by atoms with Gasteiger partial charge in [0.25, 0.3) is 0 Å². The molecule has 1 rings (SSSR count). The molecule has 3 heteroatoms. The molecule has 0 aromatic rings. The molecule has 0 amide bonds. The fourth-order valence-electron chi connectivity index (χ4n) is 1.97. The van der Waals surface area contributed by atoms with Crippen molar-refractivity contribution in [3.63, 3.8) is 0 Å². The number of Topliss-reactive ketones (excluding diaryl/α,β-unsaturated/α-hetero) is 1. The van der Waals surface area contributed by atoms with Gasteiger partial charge in [-0.15, -0.1) is 0 Å². The SMILES string of the molecule is CCC1CN(CCC(C)(C)O)CCC1=O. The normalized spacial score (nSPS) is 24.5. The number of carbonyl (C=O) groups excluding carboxylic acids is 1. The van der Waals surface area contributed by atoms with Gasteiger partial charge in [0, 0.05) is 32.0 Å². The first kappa shape index (κ1) is 12.7. The molecule has 1 fully saturated rings. The van der Waals surface area contributed by atoms with Crippen LogP contribution in [0.4, 0.5) is 0 Å². The minimum absolute atomic E-state index is 0.223. The summed E-state index contributed by atoms with van der Waals surface area (Å²) in [6.07, 6.45) is 2.40. The number of piperidine rings is 1. The van der Waals surface area contributed by atoms with E-state index < -0.39 is 5.60 Å². The van der Waals surface area contributed by atoms with E-state index in [2.05, 4.69) is 11.8 Å². The monoisotopic (exact) mass is 213 g/mol. The largest absolute Gasteiger partial charge is 0.390 e. The lowest BCUT2D eigenvalue weighted by atomic mass is 9.93. The van der Waals surface area contributed by atoms with Crippen molar-refractivity contribution in [3.8, 4) is 0 Å². The van der Waals surface area contributed by atoms with Gasteiger partial charge in [-0.3, -0.25) is 4.79 Å². The third kappa shape index (κ3) is 4.31. The molecule has 0 bridgehead atoms. The minimum atomic E-state index is -0.594. The summed E-state index contributed by atoms with van der Waals surface area (Å²) in [5.41, 5.74) is -0.594. The van der Waals surface area contributed by atoms with Crippen molar-refractivity contribution in [1.82, 2.24) is 4.90 Å². The van der Waals surface area contributed by atoms with Gasteiger partial charge in [-0.1, -0.05) is 6.92 Å². The zero-order valence-corrected chi connectivity index (χ0v) is 10.1. The van der Waals surface area contributed by atoms with Crippen LogP contribution in [0.1, 0.15) is 40.0 Å². The van der Waals surface area contributed by atoms with Crippen molar-refractivity contribution >= 4 is 5.78 Å². The van der Waals surface area contributed by atoms with Crippen molar-refractivity contribution in [2.75, 3.05) is 19.6 Å². The number of nitrogens with zero attached hydrogens (tertiary/aromatic N) is 1. The Balaban J connectivity index is 2.35. The predicted octanol–water partition coefficient (Wildman–Crippen LogP) is 1.45. The molecule has 88 valence electrons. The molecule has 1 heterocycles. The van der Waals surface area contributed by atoms with Crippen LogP contribution in [0.15, 0.2) is 0 Å². The molecule has 0 radical (unpaired) electrons. The standard InChI is InChI=1S/C12H23NO2/c1-4-10-9-13(7-5-11(10)14)8-6-12(2,3)15/h10,15H,4-9H2,1-3H3. The van der Waals surface area contributed by atoms with E-state index in [-0.39, 0.29) is 5.92 Å². The Hall–Kier alpha value is -0.410. The molecular weight excluding hydrogens is 190 g/mol. The molecule has 1 N–H and O–H groups in total. The molecule has 0 spiro atoms. The van der Waals surface area contributed by atoms with Crippen LogP contribution in [0.3, 0.4) is 0 Å². The van der Waals surface area contributed by atoms with E-state index in [0.29, 0.717) is 12.2 Å². The summed E-state index contributed by atoms with van der Waals surface area (Å²) in [6, 6.07) is 0. The van der Waals surface area contributed by atoms with Gasteiger partial charge in [0.15, 0.2) is 0 Å². The van der Waals surface area contributed by atoms with Crippen LogP contribution < -0.4 is 0 Å². The van der Waals surface area contributed by atoms with E-state index in [9.17, 15) is 9.90 Å². The molecule has 15 heavy (non-hydrogen) atoms. The molecule has 1 aliphatic rings. The van der Waals surface area contributed by atoms with E-state index in [1.165, 1.54) is 0 Å². The lowest BCUT2D eigenvalue weighted by Crippen LogP contribution is -2.42. The summed E-state index contributed by atoms with van der Waals surface area (Å²) in [4.78, 5) is 13.8. The maximum atomic E-state index is 11.5. The lowest BCUT2D eigenvalue weighted by molar-refractivity contribution is -0.126. The second-order valence-corrected chi connectivity index (χ2v) is 5.18. The number of hydrogen-bond acceptors (Lipinski definition) is 3. The quantitative estimate of drug-likeness (QED) is 0.768. The first-order valence-corrected chi connectivity index (χ1v) is 5.90. The Morgan fingerprint density at radius 1 is 1.53 bits per heavy atom. The minimum Gasteiger partial charge on any atom is -0.390 e. The molecule has 1 atom stereocenters. The van der Waals surface area contributed by atoms with Crippen molar-refractivity contribution in [1.29, 1.82) is 0 Å². The van der Waals surface area contributed by atoms with Crippen LogP contribution in [0.2, 0.25) is 0 Å². The number of likely N-dealkylation sites (tertiary alicyclic amines) is 1. The molecule has 1 saturated heterocycles. The Kier molecular flexibility index (Phi) is 4.29. The van der Waals surface area contributed by atoms with E-state index in [4.69, 9.17) is 0 Å². The van der Waals surface area contributed by atoms with Crippen molar-refractivity contribution in [3.05, 3.63) is 0 Å². The maximum absolute atomic E-state index is 11.5. The molecule has 1 aliphatic heterocycles. The smallest absolute Gasteiger partial charge is 0.138 e. The number of carbonyl (C=O) groups is 1. The average Bonchev–Trinajstić information content (AvgIpc) is 2.15. The van der Waals surface area contributed by atoms with Crippen molar-refractivity contribution in [2.24, 2.45) is 5.92 Å². The van der Waals surface area contributed by atoms with Gasteiger partial charge in [0.05, 0.1) is 5.60 Å². The summed E-state index contributed by atoms with van der Waals surface area (Å²) < 4.78 is 0. The number of hydrogen-bond donors (Lipinski definition) is 1. The van der Waals surface area contributed by atoms with E-state index >= 15 is 0 Å². The molecule has 0 aromatic carbocycles. The number of ketones is 1. The third-order valence-corrected chi connectivity index (χ3v) is 3.14. The van der Waals surface area contributed by atoms with Crippen molar-refractivity contribution < 1.29 is 9.90 Å². The molecule has 1 unspecified atom stereocenters. The van der Waals surface area contributed by atoms with E-state index in [1.807, 2.05) is 13.8 Å². The highest BCUT2D eigenvalue weighted by molar-refractivity contribution is 5.82. The van der Waals surface area contributed by atoms with Crippen LogP contribution in [0, 0.1) is 5.92 Å². The second-order valence-electron chi connectivity index (χ2n) is 5.18. The van der Waals surface area contributed by atoms with Gasteiger partial charge in [0.1, 0.15) is 5.78 Å². The Labute approximate surface area is 92.5 Å². The average molecular weight is 213 g/mol. The van der Waals surface area contributed by atoms with Gasteiger partial charge in [-0.2, -0.15) is 0 Å². The summed E-state index contributed by atoms with van der Waals surface area (Å²) >= 11 is 0. The molecular formula is C12H23NO2. The van der Waals surface area contributed by atoms with Crippen LogP contribution in [-0.2, 0) is 4.79 Å². The highest BCUT2D eigenvalue weighted by Gasteiger charge is 2.26. The summed E-state index contributed by atoms with van der Waals surface area (Å²) in [6.45, 7) is 8.38. The van der Waals surface area contributed by atoms with Gasteiger partial charge in [-0.25, -0.2) is 0 Å². The zero-order valence-electron chi connectivity index (χ0n) is 10.1. The topological polar surface area (TPSA) is 40.5 Å². The van der Waals surface area contributed by atoms with Crippen LogP contribution in [-0.4, -0.2) is 41.0 Å². The van der Waals surface area contributed by atoms with Crippen LogP contribution >= 0.6 is 0 Å².